The largest absolute Gasteiger partial charge is 0.487 e. The van der Waals surface area contributed by atoms with Gasteiger partial charge in [0.05, 0.1) is 5.69 Å². The van der Waals surface area contributed by atoms with Gasteiger partial charge in [-0.1, -0.05) is 0 Å². The predicted octanol–water partition coefficient (Wildman–Crippen LogP) is 4.99. The maximum absolute atomic E-state index is 13.8. The van der Waals surface area contributed by atoms with Gasteiger partial charge in [-0.2, -0.15) is 22.0 Å². The van der Waals surface area contributed by atoms with Gasteiger partial charge < -0.3 is 9.47 Å². The molecule has 15 heteroatoms. The molecule has 0 aliphatic heterocycles. The molecule has 0 radical (unpaired) electrons. The summed E-state index contributed by atoms with van der Waals surface area (Å²) in [6, 6.07) is 3.35. The van der Waals surface area contributed by atoms with Crippen LogP contribution in [0.2, 0.25) is 0 Å². The van der Waals surface area contributed by atoms with E-state index in [-0.39, 0.29) is 6.07 Å². The highest BCUT2D eigenvalue weighted by Crippen LogP contribution is 2.31. The van der Waals surface area contributed by atoms with E-state index >= 15 is 0 Å². The van der Waals surface area contributed by atoms with Crippen LogP contribution < -0.4 is 14.2 Å². The lowest BCUT2D eigenvalue weighted by molar-refractivity contribution is -0.153. The van der Waals surface area contributed by atoms with Crippen molar-refractivity contribution in [1.29, 1.82) is 0 Å². The van der Waals surface area contributed by atoms with Gasteiger partial charge in [0.1, 0.15) is 28.0 Å². The van der Waals surface area contributed by atoms with E-state index in [0.717, 1.165) is 0 Å². The average Bonchev–Trinajstić information content (AvgIpc) is 2.63. The molecule has 0 unspecified atom stereocenters. The van der Waals surface area contributed by atoms with Crippen LogP contribution in [-0.2, 0) is 10.0 Å². The van der Waals surface area contributed by atoms with Gasteiger partial charge in [-0.05, 0) is 12.1 Å². The van der Waals surface area contributed by atoms with Gasteiger partial charge in [0.25, 0.3) is 10.0 Å². The molecule has 178 valence electrons. The Morgan fingerprint density at radius 2 is 1.44 bits per heavy atom. The van der Waals surface area contributed by atoms with Crippen LogP contribution >= 0.6 is 0 Å². The molecule has 0 saturated carbocycles. The molecular weight excluding hydrogens is 485 g/mol. The Bertz CT molecular complexity index is 1060. The number of benzene rings is 2. The first-order valence-corrected chi connectivity index (χ1v) is 9.69. The van der Waals surface area contributed by atoms with Crippen LogP contribution in [0.1, 0.15) is 0 Å². The first-order chi connectivity index (χ1) is 14.6. The average molecular weight is 497 g/mol. The first-order valence-electron chi connectivity index (χ1n) is 8.20. The molecule has 0 atom stereocenters. The smallest absolute Gasteiger partial charge is 0.422 e. The quantitative estimate of drug-likeness (QED) is 0.497. The Balaban J connectivity index is 2.37. The third kappa shape index (κ3) is 7.10. The van der Waals surface area contributed by atoms with Crippen molar-refractivity contribution in [2.24, 2.45) is 0 Å². The fraction of sp³-hybridized carbons (Fsp3) is 0.294. The molecule has 32 heavy (non-hydrogen) atoms. The molecule has 0 aliphatic carbocycles. The summed E-state index contributed by atoms with van der Waals surface area (Å²) in [5, 5.41) is 0. The van der Waals surface area contributed by atoms with Gasteiger partial charge in [0.15, 0.2) is 13.2 Å². The standard InChI is InChI=1S/C17H12F9NO4S/c18-9-1-2-14(13(19)3-9)32(28,29)27-10-4-11(30-7-16(22,23)15(20)21)6-12(5-10)31-8-17(24,25)26/h1-6,15,27H,7-8H2. The van der Waals surface area contributed by atoms with Crippen LogP contribution in [-0.4, -0.2) is 40.2 Å². The summed E-state index contributed by atoms with van der Waals surface area (Å²) < 4.78 is 150. The summed E-state index contributed by atoms with van der Waals surface area (Å²) in [6.45, 7) is -3.77. The zero-order valence-electron chi connectivity index (χ0n) is 15.4. The molecule has 1 N–H and O–H groups in total. The highest BCUT2D eigenvalue weighted by Gasteiger charge is 2.41. The minimum absolute atomic E-state index is 0.248. The van der Waals surface area contributed by atoms with E-state index in [1.54, 1.807) is 4.72 Å². The number of nitrogens with one attached hydrogen (secondary N) is 1. The topological polar surface area (TPSA) is 64.6 Å². The van der Waals surface area contributed by atoms with Gasteiger partial charge in [0, 0.05) is 24.3 Å². The monoisotopic (exact) mass is 497 g/mol. The summed E-state index contributed by atoms with van der Waals surface area (Å²) in [6.07, 6.45) is -8.96. The van der Waals surface area contributed by atoms with E-state index in [2.05, 4.69) is 9.47 Å². The zero-order chi connectivity index (χ0) is 24.3. The highest BCUT2D eigenvalue weighted by atomic mass is 32.2. The van der Waals surface area contributed by atoms with Crippen LogP contribution in [0.3, 0.4) is 0 Å². The van der Waals surface area contributed by atoms with Crippen molar-refractivity contribution >= 4 is 15.7 Å². The molecule has 0 saturated heterocycles. The van der Waals surface area contributed by atoms with E-state index in [9.17, 15) is 47.9 Å². The predicted molar refractivity (Wildman–Crippen MR) is 91.6 cm³/mol. The third-order valence-corrected chi connectivity index (χ3v) is 4.88. The van der Waals surface area contributed by atoms with E-state index in [1.165, 1.54) is 0 Å². The second-order valence-corrected chi connectivity index (χ2v) is 7.78. The fourth-order valence-corrected chi connectivity index (χ4v) is 3.21. The number of sulfonamides is 1. The summed E-state index contributed by atoms with van der Waals surface area (Å²) in [7, 11) is -4.79. The normalized spacial score (nSPS) is 12.7. The van der Waals surface area contributed by atoms with Gasteiger partial charge in [-0.25, -0.2) is 26.0 Å². The van der Waals surface area contributed by atoms with E-state index in [4.69, 9.17) is 0 Å². The molecule has 0 spiro atoms. The van der Waals surface area contributed by atoms with E-state index in [0.29, 0.717) is 30.3 Å². The van der Waals surface area contributed by atoms with Crippen LogP contribution in [0.25, 0.3) is 0 Å². The number of hydrogen-bond acceptors (Lipinski definition) is 4. The first kappa shape index (κ1) is 25.4. The van der Waals surface area contributed by atoms with Crippen LogP contribution in [0.4, 0.5) is 45.2 Å². The Hall–Kier alpha value is -2.84. The third-order valence-electron chi connectivity index (χ3n) is 3.47. The lowest BCUT2D eigenvalue weighted by Crippen LogP contribution is -2.33. The second kappa shape index (κ2) is 9.34. The lowest BCUT2D eigenvalue weighted by Gasteiger charge is -2.18. The van der Waals surface area contributed by atoms with Crippen molar-refractivity contribution in [3.8, 4) is 11.5 Å². The molecule has 0 aliphatic rings. The molecule has 5 nitrogen and oxygen atoms in total. The molecule has 2 rings (SSSR count). The maximum Gasteiger partial charge on any atom is 0.422 e. The van der Waals surface area contributed by atoms with Gasteiger partial charge in [0.2, 0.25) is 0 Å². The van der Waals surface area contributed by atoms with Gasteiger partial charge in [-0.3, -0.25) is 4.72 Å². The molecule has 0 fully saturated rings. The Kier molecular flexibility index (Phi) is 7.42. The van der Waals surface area contributed by atoms with E-state index in [1.807, 2.05) is 0 Å². The number of ether oxygens (including phenoxy) is 2. The number of anilines is 1. The minimum atomic E-state index is -4.84. The van der Waals surface area contributed by atoms with Crippen molar-refractivity contribution in [2.75, 3.05) is 17.9 Å². The van der Waals surface area contributed by atoms with Crippen molar-refractivity contribution in [1.82, 2.24) is 0 Å². The second-order valence-electron chi connectivity index (χ2n) is 6.13. The minimum Gasteiger partial charge on any atom is -0.487 e. The molecule has 2 aromatic carbocycles. The lowest BCUT2D eigenvalue weighted by atomic mass is 10.3. The SMILES string of the molecule is O=S(=O)(Nc1cc(OCC(F)(F)F)cc(OCC(F)(F)C(F)F)c1)c1ccc(F)cc1F. The molecule has 0 heterocycles. The van der Waals surface area contributed by atoms with Crippen LogP contribution in [0, 0.1) is 11.6 Å². The number of hydrogen-bond donors (Lipinski definition) is 1. The number of rotatable bonds is 9. The summed E-state index contributed by atoms with van der Waals surface area (Å²) >= 11 is 0. The Morgan fingerprint density at radius 1 is 0.875 bits per heavy atom. The van der Waals surface area contributed by atoms with E-state index < -0.39 is 75.5 Å². The van der Waals surface area contributed by atoms with Crippen molar-refractivity contribution in [3.63, 3.8) is 0 Å². The molecule has 0 amide bonds. The highest BCUT2D eigenvalue weighted by molar-refractivity contribution is 7.92. The zero-order valence-corrected chi connectivity index (χ0v) is 16.2. The summed E-state index contributed by atoms with van der Waals surface area (Å²) in [4.78, 5) is -1.05. The van der Waals surface area contributed by atoms with Crippen molar-refractivity contribution < 1.29 is 57.4 Å². The van der Waals surface area contributed by atoms with Gasteiger partial charge in [-0.15, -0.1) is 0 Å². The Morgan fingerprint density at radius 3 is 1.94 bits per heavy atom. The van der Waals surface area contributed by atoms with Crippen LogP contribution in [0.15, 0.2) is 41.3 Å². The molecular formula is C17H12F9NO4S. The van der Waals surface area contributed by atoms with Crippen molar-refractivity contribution in [3.05, 3.63) is 48.0 Å². The number of halogens is 9. The molecule has 0 aromatic heterocycles. The van der Waals surface area contributed by atoms with Gasteiger partial charge >= 0.3 is 18.5 Å². The summed E-state index contributed by atoms with van der Waals surface area (Å²) in [5.74, 6) is -8.73. The molecule has 2 aromatic rings. The Labute approximate surface area is 174 Å². The van der Waals surface area contributed by atoms with Crippen LogP contribution in [0.5, 0.6) is 11.5 Å². The van der Waals surface area contributed by atoms with Crippen molar-refractivity contribution in [2.45, 2.75) is 23.4 Å². The summed E-state index contributed by atoms with van der Waals surface area (Å²) in [5.41, 5.74) is -0.649. The fourth-order valence-electron chi connectivity index (χ4n) is 2.11. The number of alkyl halides is 7. The maximum atomic E-state index is 13.8. The molecule has 0 bridgehead atoms.